The van der Waals surface area contributed by atoms with Gasteiger partial charge in [-0.15, -0.1) is 12.4 Å². The first-order chi connectivity index (χ1) is 6.69. The van der Waals surface area contributed by atoms with Gasteiger partial charge in [0.15, 0.2) is 0 Å². The lowest BCUT2D eigenvalue weighted by Gasteiger charge is -2.04. The monoisotopic (exact) mass is 297 g/mol. The highest BCUT2D eigenvalue weighted by Gasteiger charge is 2.15. The van der Waals surface area contributed by atoms with Crippen LogP contribution in [0.3, 0.4) is 0 Å². The maximum Gasteiger partial charge on any atom is 0.374 e. The van der Waals surface area contributed by atoms with Crippen LogP contribution in [0.25, 0.3) is 0 Å². The number of rotatable bonds is 4. The van der Waals surface area contributed by atoms with Gasteiger partial charge in [0.05, 0.1) is 6.61 Å². The molecule has 1 aromatic rings. The van der Waals surface area contributed by atoms with Crippen LogP contribution < -0.4 is 5.73 Å². The van der Waals surface area contributed by atoms with Crippen LogP contribution in [0.15, 0.2) is 10.8 Å². The molecule has 15 heavy (non-hydrogen) atoms. The summed E-state index contributed by atoms with van der Waals surface area (Å²) in [7, 11) is 0. The first-order valence-corrected chi connectivity index (χ1v) is 5.08. The van der Waals surface area contributed by atoms with Gasteiger partial charge in [0.2, 0.25) is 5.82 Å². The summed E-state index contributed by atoms with van der Waals surface area (Å²) in [5, 5.41) is 0. The Hall–Kier alpha value is -0.590. The zero-order valence-corrected chi connectivity index (χ0v) is 10.7. The number of aromatic nitrogens is 2. The zero-order valence-electron chi connectivity index (χ0n) is 8.27. The molecule has 0 aliphatic rings. The smallest absolute Gasteiger partial charge is 0.374 e. The van der Waals surface area contributed by atoms with Crippen LogP contribution in [-0.2, 0) is 11.3 Å². The average molecular weight is 299 g/mol. The molecule has 0 fully saturated rings. The Morgan fingerprint density at radius 2 is 2.40 bits per heavy atom. The van der Waals surface area contributed by atoms with E-state index in [2.05, 4.69) is 20.9 Å². The SMILES string of the molecule is CCOC(=O)c1nc(Br)cn1CCN.Cl. The van der Waals surface area contributed by atoms with E-state index in [9.17, 15) is 4.79 Å². The third-order valence-corrected chi connectivity index (χ3v) is 1.96. The molecule has 86 valence electrons. The van der Waals surface area contributed by atoms with E-state index in [1.807, 2.05) is 0 Å². The summed E-state index contributed by atoms with van der Waals surface area (Å²) in [4.78, 5) is 15.4. The van der Waals surface area contributed by atoms with Crippen LogP contribution in [0.1, 0.15) is 17.5 Å². The maximum atomic E-state index is 11.4. The molecule has 0 aromatic carbocycles. The lowest BCUT2D eigenvalue weighted by molar-refractivity contribution is 0.0506. The Morgan fingerprint density at radius 1 is 1.73 bits per heavy atom. The lowest BCUT2D eigenvalue weighted by Crippen LogP contribution is -2.17. The van der Waals surface area contributed by atoms with Gasteiger partial charge >= 0.3 is 5.97 Å². The Balaban J connectivity index is 0.00000196. The third-order valence-electron chi connectivity index (χ3n) is 1.58. The third kappa shape index (κ3) is 3.81. The number of halogens is 2. The van der Waals surface area contributed by atoms with Crippen LogP contribution in [0.4, 0.5) is 0 Å². The Labute approximate surface area is 103 Å². The minimum absolute atomic E-state index is 0. The molecule has 1 rings (SSSR count). The van der Waals surface area contributed by atoms with E-state index in [0.717, 1.165) is 0 Å². The van der Waals surface area contributed by atoms with Crippen molar-refractivity contribution >= 4 is 34.3 Å². The molecule has 0 aliphatic carbocycles. The summed E-state index contributed by atoms with van der Waals surface area (Å²) in [6.45, 7) is 3.09. The molecule has 5 nitrogen and oxygen atoms in total. The molecule has 0 atom stereocenters. The minimum Gasteiger partial charge on any atom is -0.460 e. The molecule has 0 spiro atoms. The second-order valence-corrected chi connectivity index (χ2v) is 3.40. The molecule has 2 N–H and O–H groups in total. The minimum atomic E-state index is -0.424. The number of hydrogen-bond acceptors (Lipinski definition) is 4. The fourth-order valence-corrected chi connectivity index (χ4v) is 1.47. The number of nitrogens with two attached hydrogens (primary N) is 1. The van der Waals surface area contributed by atoms with Crippen molar-refractivity contribution in [3.63, 3.8) is 0 Å². The van der Waals surface area contributed by atoms with Gasteiger partial charge in [-0.2, -0.15) is 0 Å². The maximum absolute atomic E-state index is 11.4. The van der Waals surface area contributed by atoms with Gasteiger partial charge in [-0.05, 0) is 22.9 Å². The predicted molar refractivity (Wildman–Crippen MR) is 62.2 cm³/mol. The van der Waals surface area contributed by atoms with Crippen molar-refractivity contribution in [1.29, 1.82) is 0 Å². The van der Waals surface area contributed by atoms with Gasteiger partial charge in [0.1, 0.15) is 4.60 Å². The second kappa shape index (κ2) is 6.81. The van der Waals surface area contributed by atoms with Crippen LogP contribution in [0.5, 0.6) is 0 Å². The molecule has 1 aromatic heterocycles. The predicted octanol–water partition coefficient (Wildman–Crippen LogP) is 1.20. The van der Waals surface area contributed by atoms with Crippen molar-refractivity contribution in [1.82, 2.24) is 9.55 Å². The van der Waals surface area contributed by atoms with E-state index < -0.39 is 5.97 Å². The van der Waals surface area contributed by atoms with Gasteiger partial charge in [0.25, 0.3) is 0 Å². The summed E-state index contributed by atoms with van der Waals surface area (Å²) >= 11 is 3.19. The van der Waals surface area contributed by atoms with E-state index in [4.69, 9.17) is 10.5 Å². The highest BCUT2D eigenvalue weighted by Crippen LogP contribution is 2.10. The normalized spacial score (nSPS) is 9.53. The Bertz CT molecular complexity index is 330. The van der Waals surface area contributed by atoms with Crippen LogP contribution in [0.2, 0.25) is 0 Å². The standard InChI is InChI=1S/C8H12BrN3O2.ClH/c1-2-14-8(13)7-11-6(9)5-12(7)4-3-10;/h5H,2-4,10H2,1H3;1H. The van der Waals surface area contributed by atoms with E-state index in [0.29, 0.717) is 24.3 Å². The van der Waals surface area contributed by atoms with Crippen molar-refractivity contribution in [2.45, 2.75) is 13.5 Å². The molecular formula is C8H13BrClN3O2. The van der Waals surface area contributed by atoms with E-state index in [1.165, 1.54) is 0 Å². The Morgan fingerprint density at radius 3 is 2.93 bits per heavy atom. The van der Waals surface area contributed by atoms with Gasteiger partial charge in [0, 0.05) is 19.3 Å². The first kappa shape index (κ1) is 14.4. The van der Waals surface area contributed by atoms with Crippen LogP contribution >= 0.6 is 28.3 Å². The molecular weight excluding hydrogens is 285 g/mol. The van der Waals surface area contributed by atoms with E-state index in [1.54, 1.807) is 17.7 Å². The molecule has 0 saturated heterocycles. The quantitative estimate of drug-likeness (QED) is 0.848. The molecule has 0 unspecified atom stereocenters. The van der Waals surface area contributed by atoms with E-state index >= 15 is 0 Å². The fraction of sp³-hybridized carbons (Fsp3) is 0.500. The number of carbonyl (C=O) groups is 1. The average Bonchev–Trinajstić information content (AvgIpc) is 2.48. The van der Waals surface area contributed by atoms with E-state index in [-0.39, 0.29) is 18.2 Å². The van der Waals surface area contributed by atoms with Crippen molar-refractivity contribution < 1.29 is 9.53 Å². The number of esters is 1. The number of imidazole rings is 1. The highest BCUT2D eigenvalue weighted by atomic mass is 79.9. The molecule has 0 aliphatic heterocycles. The second-order valence-electron chi connectivity index (χ2n) is 2.59. The summed E-state index contributed by atoms with van der Waals surface area (Å²) in [6.07, 6.45) is 1.71. The molecule has 0 amide bonds. The number of hydrogen-bond donors (Lipinski definition) is 1. The van der Waals surface area contributed by atoms with Crippen molar-refractivity contribution in [2.75, 3.05) is 13.2 Å². The number of nitrogens with zero attached hydrogens (tertiary/aromatic N) is 2. The van der Waals surface area contributed by atoms with Crippen molar-refractivity contribution in [3.8, 4) is 0 Å². The molecule has 0 bridgehead atoms. The summed E-state index contributed by atoms with van der Waals surface area (Å²) < 4.78 is 7.12. The van der Waals surface area contributed by atoms with Crippen LogP contribution in [0, 0.1) is 0 Å². The van der Waals surface area contributed by atoms with Crippen molar-refractivity contribution in [2.24, 2.45) is 5.73 Å². The Kier molecular flexibility index (Phi) is 6.55. The van der Waals surface area contributed by atoms with Gasteiger partial charge in [-0.3, -0.25) is 0 Å². The summed E-state index contributed by atoms with van der Waals surface area (Å²) in [5.41, 5.74) is 5.40. The van der Waals surface area contributed by atoms with Crippen molar-refractivity contribution in [3.05, 3.63) is 16.6 Å². The summed E-state index contributed by atoms with van der Waals surface area (Å²) in [5.74, 6) is -0.143. The lowest BCUT2D eigenvalue weighted by atomic mass is 10.5. The van der Waals surface area contributed by atoms with Crippen LogP contribution in [-0.4, -0.2) is 28.7 Å². The number of carbonyl (C=O) groups excluding carboxylic acids is 1. The molecule has 0 radical (unpaired) electrons. The summed E-state index contributed by atoms with van der Waals surface area (Å²) in [6, 6.07) is 0. The topological polar surface area (TPSA) is 70.1 Å². The van der Waals surface area contributed by atoms with Gasteiger partial charge in [-0.25, -0.2) is 9.78 Å². The molecule has 1 heterocycles. The fourth-order valence-electron chi connectivity index (χ4n) is 1.05. The first-order valence-electron chi connectivity index (χ1n) is 4.29. The van der Waals surface area contributed by atoms with Gasteiger partial charge < -0.3 is 15.0 Å². The largest absolute Gasteiger partial charge is 0.460 e. The zero-order chi connectivity index (χ0) is 10.6. The molecule has 7 heteroatoms. The highest BCUT2D eigenvalue weighted by molar-refractivity contribution is 9.10. The van der Waals surface area contributed by atoms with Gasteiger partial charge in [-0.1, -0.05) is 0 Å². The molecule has 0 saturated carbocycles. The number of ether oxygens (including phenoxy) is 1.